The molecular weight excluding hydrogens is 220 g/mol. The smallest absolute Gasteiger partial charge is 0.0928 e. The Balaban J connectivity index is 1.59. The van der Waals surface area contributed by atoms with E-state index >= 15 is 0 Å². The summed E-state index contributed by atoms with van der Waals surface area (Å²) in [5.41, 5.74) is 2.26. The van der Waals surface area contributed by atoms with E-state index in [0.717, 1.165) is 37.3 Å². The van der Waals surface area contributed by atoms with Gasteiger partial charge in [-0.1, -0.05) is 0 Å². The molecule has 0 saturated heterocycles. The van der Waals surface area contributed by atoms with Gasteiger partial charge in [0.15, 0.2) is 0 Å². The van der Waals surface area contributed by atoms with E-state index in [1.54, 1.807) is 17.5 Å². The first-order chi connectivity index (χ1) is 7.84. The van der Waals surface area contributed by atoms with Gasteiger partial charge < -0.3 is 5.32 Å². The molecule has 0 radical (unpaired) electrons. The molecule has 0 unspecified atom stereocenters. The number of nitrogens with one attached hydrogen (secondary N) is 2. The van der Waals surface area contributed by atoms with Crippen molar-refractivity contribution in [1.82, 2.24) is 20.5 Å². The maximum atomic E-state index is 4.43. The van der Waals surface area contributed by atoms with Crippen molar-refractivity contribution in [2.24, 2.45) is 0 Å². The Hall–Kier alpha value is -1.20. The van der Waals surface area contributed by atoms with Gasteiger partial charge >= 0.3 is 0 Å². The molecule has 4 nitrogen and oxygen atoms in total. The van der Waals surface area contributed by atoms with E-state index in [1.165, 1.54) is 5.01 Å². The second-order valence-corrected chi connectivity index (χ2v) is 4.69. The Labute approximate surface area is 99.1 Å². The average molecular weight is 236 g/mol. The van der Waals surface area contributed by atoms with Crippen molar-refractivity contribution in [1.29, 1.82) is 0 Å². The highest BCUT2D eigenvalue weighted by Crippen LogP contribution is 2.10. The van der Waals surface area contributed by atoms with Crippen LogP contribution in [0.1, 0.15) is 22.8 Å². The molecule has 0 aliphatic heterocycles. The van der Waals surface area contributed by atoms with Gasteiger partial charge in [-0.15, -0.1) is 11.3 Å². The molecule has 0 amide bonds. The van der Waals surface area contributed by atoms with Gasteiger partial charge in [-0.25, -0.2) is 4.98 Å². The zero-order valence-corrected chi connectivity index (χ0v) is 10.2. The summed E-state index contributed by atoms with van der Waals surface area (Å²) in [6, 6.07) is 1.98. The highest BCUT2D eigenvalue weighted by Gasteiger charge is 1.98. The van der Waals surface area contributed by atoms with Crippen molar-refractivity contribution in [3.63, 3.8) is 0 Å². The minimum atomic E-state index is 0.858. The van der Waals surface area contributed by atoms with E-state index in [1.807, 2.05) is 13.0 Å². The topological polar surface area (TPSA) is 53.6 Å². The standard InChI is InChI=1S/C11H16N4S/c1-9-8-16-11(14-9)3-2-5-12-7-10-4-6-13-15-10/h4,6,8,12H,2-3,5,7H2,1H3,(H,13,15). The summed E-state index contributed by atoms with van der Waals surface area (Å²) in [5, 5.41) is 13.5. The van der Waals surface area contributed by atoms with Crippen molar-refractivity contribution in [2.75, 3.05) is 6.54 Å². The fourth-order valence-corrected chi connectivity index (χ4v) is 2.31. The maximum absolute atomic E-state index is 4.43. The van der Waals surface area contributed by atoms with Gasteiger partial charge in [-0.05, 0) is 26.0 Å². The van der Waals surface area contributed by atoms with Crippen LogP contribution in [-0.4, -0.2) is 21.7 Å². The van der Waals surface area contributed by atoms with Crippen LogP contribution in [0.2, 0.25) is 0 Å². The number of aromatic nitrogens is 3. The van der Waals surface area contributed by atoms with Crippen LogP contribution >= 0.6 is 11.3 Å². The van der Waals surface area contributed by atoms with Crippen molar-refractivity contribution >= 4 is 11.3 Å². The van der Waals surface area contributed by atoms with E-state index in [-0.39, 0.29) is 0 Å². The maximum Gasteiger partial charge on any atom is 0.0928 e. The van der Waals surface area contributed by atoms with Crippen LogP contribution in [-0.2, 0) is 13.0 Å². The average Bonchev–Trinajstić information content (AvgIpc) is 2.89. The third-order valence-corrected chi connectivity index (χ3v) is 3.31. The van der Waals surface area contributed by atoms with E-state index < -0.39 is 0 Å². The van der Waals surface area contributed by atoms with Gasteiger partial charge in [-0.3, -0.25) is 5.10 Å². The number of hydrogen-bond acceptors (Lipinski definition) is 4. The molecule has 0 saturated carbocycles. The second-order valence-electron chi connectivity index (χ2n) is 3.74. The first kappa shape index (κ1) is 11.3. The van der Waals surface area contributed by atoms with Crippen LogP contribution in [0.4, 0.5) is 0 Å². The molecule has 0 spiro atoms. The molecule has 86 valence electrons. The van der Waals surface area contributed by atoms with Gasteiger partial charge in [0, 0.05) is 35.9 Å². The Morgan fingerprint density at radius 1 is 1.50 bits per heavy atom. The number of aryl methyl sites for hydroxylation is 2. The van der Waals surface area contributed by atoms with Crippen molar-refractivity contribution in [3.8, 4) is 0 Å². The van der Waals surface area contributed by atoms with Crippen molar-refractivity contribution < 1.29 is 0 Å². The van der Waals surface area contributed by atoms with Crippen LogP contribution < -0.4 is 5.32 Å². The molecule has 0 fully saturated rings. The van der Waals surface area contributed by atoms with Gasteiger partial charge in [-0.2, -0.15) is 5.10 Å². The fourth-order valence-electron chi connectivity index (χ4n) is 1.49. The lowest BCUT2D eigenvalue weighted by Gasteiger charge is -2.01. The zero-order valence-electron chi connectivity index (χ0n) is 9.36. The molecule has 5 heteroatoms. The highest BCUT2D eigenvalue weighted by atomic mass is 32.1. The lowest BCUT2D eigenvalue weighted by molar-refractivity contribution is 0.638. The molecule has 0 aliphatic carbocycles. The lowest BCUT2D eigenvalue weighted by atomic mass is 10.3. The van der Waals surface area contributed by atoms with Crippen molar-refractivity contribution in [3.05, 3.63) is 34.0 Å². The van der Waals surface area contributed by atoms with E-state index in [0.29, 0.717) is 0 Å². The summed E-state index contributed by atoms with van der Waals surface area (Å²) >= 11 is 1.75. The molecule has 2 aromatic heterocycles. The number of nitrogens with zero attached hydrogens (tertiary/aromatic N) is 2. The fraction of sp³-hybridized carbons (Fsp3) is 0.455. The summed E-state index contributed by atoms with van der Waals surface area (Å²) in [6.07, 6.45) is 3.96. The van der Waals surface area contributed by atoms with Crippen LogP contribution in [0.15, 0.2) is 17.6 Å². The van der Waals surface area contributed by atoms with Gasteiger partial charge in [0.25, 0.3) is 0 Å². The number of hydrogen-bond donors (Lipinski definition) is 2. The SMILES string of the molecule is Cc1csc(CCCNCc2ccn[nH]2)n1. The number of aromatic amines is 1. The summed E-state index contributed by atoms with van der Waals surface area (Å²) in [6.45, 7) is 3.91. The normalized spacial score (nSPS) is 10.8. The van der Waals surface area contributed by atoms with E-state index in [4.69, 9.17) is 0 Å². The molecular formula is C11H16N4S. The Kier molecular flexibility index (Phi) is 4.07. The summed E-state index contributed by atoms with van der Waals surface area (Å²) < 4.78 is 0. The van der Waals surface area contributed by atoms with Crippen LogP contribution in [0.3, 0.4) is 0 Å². The number of thiazole rings is 1. The first-order valence-electron chi connectivity index (χ1n) is 5.44. The number of H-pyrrole nitrogens is 1. The van der Waals surface area contributed by atoms with Crippen LogP contribution in [0.25, 0.3) is 0 Å². The van der Waals surface area contributed by atoms with Gasteiger partial charge in [0.05, 0.1) is 5.01 Å². The molecule has 2 N–H and O–H groups in total. The predicted octanol–water partition coefficient (Wildman–Crippen LogP) is 1.90. The lowest BCUT2D eigenvalue weighted by Crippen LogP contribution is -2.15. The minimum absolute atomic E-state index is 0.858. The van der Waals surface area contributed by atoms with Crippen molar-refractivity contribution in [2.45, 2.75) is 26.3 Å². The Morgan fingerprint density at radius 3 is 3.12 bits per heavy atom. The van der Waals surface area contributed by atoms with E-state index in [2.05, 4.69) is 25.9 Å². The largest absolute Gasteiger partial charge is 0.311 e. The molecule has 2 heterocycles. The molecule has 0 bridgehead atoms. The zero-order chi connectivity index (χ0) is 11.2. The summed E-state index contributed by atoms with van der Waals surface area (Å²) in [4.78, 5) is 4.43. The first-order valence-corrected chi connectivity index (χ1v) is 6.32. The Bertz CT molecular complexity index is 407. The summed E-state index contributed by atoms with van der Waals surface area (Å²) in [7, 11) is 0. The molecule has 2 rings (SSSR count). The number of rotatable bonds is 6. The van der Waals surface area contributed by atoms with Gasteiger partial charge in [0.1, 0.15) is 0 Å². The quantitative estimate of drug-likeness (QED) is 0.753. The second kappa shape index (κ2) is 5.77. The van der Waals surface area contributed by atoms with Gasteiger partial charge in [0.2, 0.25) is 0 Å². The molecule has 0 atom stereocenters. The van der Waals surface area contributed by atoms with E-state index in [9.17, 15) is 0 Å². The third kappa shape index (κ3) is 3.43. The molecule has 0 aliphatic rings. The Morgan fingerprint density at radius 2 is 2.44 bits per heavy atom. The van der Waals surface area contributed by atoms with Crippen LogP contribution in [0, 0.1) is 6.92 Å². The molecule has 0 aromatic carbocycles. The third-order valence-electron chi connectivity index (χ3n) is 2.28. The monoisotopic (exact) mass is 236 g/mol. The summed E-state index contributed by atoms with van der Waals surface area (Å²) in [5.74, 6) is 0. The molecule has 16 heavy (non-hydrogen) atoms. The molecule has 2 aromatic rings. The minimum Gasteiger partial charge on any atom is -0.311 e. The highest BCUT2D eigenvalue weighted by molar-refractivity contribution is 7.09. The predicted molar refractivity (Wildman–Crippen MR) is 65.5 cm³/mol. The van der Waals surface area contributed by atoms with Crippen LogP contribution in [0.5, 0.6) is 0 Å².